The smallest absolute Gasteiger partial charge is 0.329 e. The van der Waals surface area contributed by atoms with Crippen LogP contribution in [-0.2, 0) is 16.1 Å². The molecule has 0 saturated carbocycles. The average Bonchev–Trinajstić information content (AvgIpc) is 2.67. The van der Waals surface area contributed by atoms with Crippen molar-refractivity contribution in [3.8, 4) is 0 Å². The molecule has 0 atom stereocenters. The third-order valence-electron chi connectivity index (χ3n) is 3.58. The van der Waals surface area contributed by atoms with Crippen molar-refractivity contribution in [3.05, 3.63) is 78.1 Å². The molecular formula is C19H16N4O2. The summed E-state index contributed by atoms with van der Waals surface area (Å²) in [6, 6.07) is 17.2. The van der Waals surface area contributed by atoms with Crippen LogP contribution < -0.4 is 10.7 Å². The van der Waals surface area contributed by atoms with Gasteiger partial charge >= 0.3 is 11.8 Å². The predicted molar refractivity (Wildman–Crippen MR) is 95.8 cm³/mol. The molecule has 3 aromatic rings. The van der Waals surface area contributed by atoms with Gasteiger partial charge in [0.1, 0.15) is 0 Å². The van der Waals surface area contributed by atoms with Gasteiger partial charge in [0.25, 0.3) is 0 Å². The van der Waals surface area contributed by atoms with Gasteiger partial charge in [-0.25, -0.2) is 5.43 Å². The first-order chi connectivity index (χ1) is 12.2. The Hall–Kier alpha value is -3.54. The van der Waals surface area contributed by atoms with E-state index in [1.807, 2.05) is 48.5 Å². The minimum Gasteiger partial charge on any atom is -0.344 e. The number of aromatic nitrogens is 1. The van der Waals surface area contributed by atoms with E-state index in [0.29, 0.717) is 0 Å². The molecule has 6 heteroatoms. The van der Waals surface area contributed by atoms with E-state index in [0.717, 1.165) is 21.9 Å². The number of pyridine rings is 1. The summed E-state index contributed by atoms with van der Waals surface area (Å²) in [4.78, 5) is 27.5. The summed E-state index contributed by atoms with van der Waals surface area (Å²) in [5.41, 5.74) is 3.90. The van der Waals surface area contributed by atoms with Gasteiger partial charge in [0.15, 0.2) is 0 Å². The fourth-order valence-corrected chi connectivity index (χ4v) is 2.34. The summed E-state index contributed by atoms with van der Waals surface area (Å²) < 4.78 is 0. The summed E-state index contributed by atoms with van der Waals surface area (Å²) in [6.07, 6.45) is 4.78. The Morgan fingerprint density at radius 3 is 2.68 bits per heavy atom. The number of carbonyl (C=O) groups is 2. The van der Waals surface area contributed by atoms with Crippen molar-refractivity contribution in [3.63, 3.8) is 0 Å². The molecular weight excluding hydrogens is 316 g/mol. The van der Waals surface area contributed by atoms with Crippen molar-refractivity contribution in [1.29, 1.82) is 0 Å². The summed E-state index contributed by atoms with van der Waals surface area (Å²) in [5.74, 6) is -1.57. The van der Waals surface area contributed by atoms with Crippen LogP contribution in [-0.4, -0.2) is 23.0 Å². The minimum absolute atomic E-state index is 0.229. The molecule has 2 amide bonds. The molecule has 0 aliphatic heterocycles. The van der Waals surface area contributed by atoms with E-state index in [-0.39, 0.29) is 6.54 Å². The van der Waals surface area contributed by atoms with Gasteiger partial charge in [-0.2, -0.15) is 5.10 Å². The monoisotopic (exact) mass is 332 g/mol. The van der Waals surface area contributed by atoms with Gasteiger partial charge in [-0.3, -0.25) is 14.6 Å². The highest BCUT2D eigenvalue weighted by molar-refractivity contribution is 6.35. The third kappa shape index (κ3) is 4.26. The lowest BCUT2D eigenvalue weighted by Crippen LogP contribution is -2.37. The van der Waals surface area contributed by atoms with Gasteiger partial charge in [-0.15, -0.1) is 0 Å². The van der Waals surface area contributed by atoms with Gasteiger partial charge < -0.3 is 5.32 Å². The summed E-state index contributed by atoms with van der Waals surface area (Å²) in [5, 5.41) is 8.48. The molecule has 0 bridgehead atoms. The van der Waals surface area contributed by atoms with Gasteiger partial charge in [-0.05, 0) is 22.4 Å². The number of nitrogens with zero attached hydrogens (tertiary/aromatic N) is 2. The van der Waals surface area contributed by atoms with Crippen molar-refractivity contribution in [2.45, 2.75) is 6.54 Å². The van der Waals surface area contributed by atoms with Crippen LogP contribution in [0.5, 0.6) is 0 Å². The van der Waals surface area contributed by atoms with Crippen molar-refractivity contribution < 1.29 is 9.59 Å². The number of fused-ring (bicyclic) bond motifs is 1. The Labute approximate surface area is 144 Å². The summed E-state index contributed by atoms with van der Waals surface area (Å²) >= 11 is 0. The molecule has 0 fully saturated rings. The SMILES string of the molecule is O=C(NCc1cccnc1)C(=O)N/N=C/c1cccc2ccccc12. The first-order valence-electron chi connectivity index (χ1n) is 7.72. The highest BCUT2D eigenvalue weighted by Gasteiger charge is 2.11. The van der Waals surface area contributed by atoms with Crippen molar-refractivity contribution in [2.75, 3.05) is 0 Å². The topological polar surface area (TPSA) is 83.5 Å². The van der Waals surface area contributed by atoms with Crippen LogP contribution in [0, 0.1) is 0 Å². The zero-order valence-corrected chi connectivity index (χ0v) is 13.3. The second kappa shape index (κ2) is 7.83. The molecule has 3 rings (SSSR count). The summed E-state index contributed by atoms with van der Waals surface area (Å²) in [6.45, 7) is 0.229. The van der Waals surface area contributed by atoms with E-state index in [4.69, 9.17) is 0 Å². The molecule has 0 radical (unpaired) electrons. The number of amides is 2. The molecule has 2 N–H and O–H groups in total. The number of benzene rings is 2. The molecule has 0 unspecified atom stereocenters. The second-order valence-corrected chi connectivity index (χ2v) is 5.31. The normalized spacial score (nSPS) is 10.7. The maximum Gasteiger partial charge on any atom is 0.329 e. The number of hydrogen-bond acceptors (Lipinski definition) is 4. The van der Waals surface area contributed by atoms with E-state index in [2.05, 4.69) is 20.8 Å². The molecule has 0 aliphatic carbocycles. The predicted octanol–water partition coefficient (Wildman–Crippen LogP) is 2.00. The Bertz CT molecular complexity index is 918. The Kier molecular flexibility index (Phi) is 5.11. The van der Waals surface area contributed by atoms with E-state index in [9.17, 15) is 9.59 Å². The molecule has 1 aromatic heterocycles. The zero-order valence-electron chi connectivity index (χ0n) is 13.3. The summed E-state index contributed by atoms with van der Waals surface area (Å²) in [7, 11) is 0. The Morgan fingerprint density at radius 2 is 1.84 bits per heavy atom. The highest BCUT2D eigenvalue weighted by Crippen LogP contribution is 2.16. The maximum absolute atomic E-state index is 11.8. The molecule has 0 aliphatic rings. The van der Waals surface area contributed by atoms with E-state index in [1.54, 1.807) is 18.5 Å². The van der Waals surface area contributed by atoms with Crippen molar-refractivity contribution >= 4 is 28.8 Å². The lowest BCUT2D eigenvalue weighted by atomic mass is 10.1. The third-order valence-corrected chi connectivity index (χ3v) is 3.58. The Balaban J connectivity index is 1.57. The quantitative estimate of drug-likeness (QED) is 0.435. The van der Waals surface area contributed by atoms with Crippen LogP contribution in [0.15, 0.2) is 72.1 Å². The van der Waals surface area contributed by atoms with Crippen molar-refractivity contribution in [2.24, 2.45) is 5.10 Å². The van der Waals surface area contributed by atoms with Crippen LogP contribution in [0.4, 0.5) is 0 Å². The average molecular weight is 332 g/mol. The van der Waals surface area contributed by atoms with Gasteiger partial charge in [0.05, 0.1) is 6.21 Å². The van der Waals surface area contributed by atoms with Crippen LogP contribution in [0.1, 0.15) is 11.1 Å². The standard InChI is InChI=1S/C19H16N4O2/c24-18(21-12-14-5-4-10-20-11-14)19(25)23-22-13-16-8-3-7-15-6-1-2-9-17(15)16/h1-11,13H,12H2,(H,21,24)(H,23,25)/b22-13+. The highest BCUT2D eigenvalue weighted by atomic mass is 16.2. The van der Waals surface area contributed by atoms with E-state index >= 15 is 0 Å². The van der Waals surface area contributed by atoms with Gasteiger partial charge in [0.2, 0.25) is 0 Å². The second-order valence-electron chi connectivity index (χ2n) is 5.31. The van der Waals surface area contributed by atoms with E-state index < -0.39 is 11.8 Å². The fourth-order valence-electron chi connectivity index (χ4n) is 2.34. The van der Waals surface area contributed by atoms with Crippen molar-refractivity contribution in [1.82, 2.24) is 15.7 Å². The lowest BCUT2D eigenvalue weighted by molar-refractivity contribution is -0.139. The molecule has 2 aromatic carbocycles. The number of rotatable bonds is 4. The number of hydrazone groups is 1. The molecule has 0 saturated heterocycles. The largest absolute Gasteiger partial charge is 0.344 e. The zero-order chi connectivity index (χ0) is 17.5. The number of carbonyl (C=O) groups excluding carboxylic acids is 2. The minimum atomic E-state index is -0.819. The van der Waals surface area contributed by atoms with Crippen LogP contribution in [0.25, 0.3) is 10.8 Å². The van der Waals surface area contributed by atoms with Crippen LogP contribution in [0.2, 0.25) is 0 Å². The van der Waals surface area contributed by atoms with Crippen LogP contribution in [0.3, 0.4) is 0 Å². The lowest BCUT2D eigenvalue weighted by Gasteiger charge is -2.04. The van der Waals surface area contributed by atoms with E-state index in [1.165, 1.54) is 6.21 Å². The van der Waals surface area contributed by atoms with Gasteiger partial charge in [0, 0.05) is 24.5 Å². The first kappa shape index (κ1) is 16.3. The molecule has 25 heavy (non-hydrogen) atoms. The molecule has 6 nitrogen and oxygen atoms in total. The van der Waals surface area contributed by atoms with Gasteiger partial charge in [-0.1, -0.05) is 48.5 Å². The maximum atomic E-state index is 11.8. The number of hydrogen-bond donors (Lipinski definition) is 2. The first-order valence-corrected chi connectivity index (χ1v) is 7.72. The molecule has 0 spiro atoms. The Morgan fingerprint density at radius 1 is 1.00 bits per heavy atom. The number of nitrogens with one attached hydrogen (secondary N) is 2. The fraction of sp³-hybridized carbons (Fsp3) is 0.0526. The molecule has 1 heterocycles. The molecule has 124 valence electrons. The van der Waals surface area contributed by atoms with Crippen LogP contribution >= 0.6 is 0 Å².